The Morgan fingerprint density at radius 1 is 1.36 bits per heavy atom. The van der Waals surface area contributed by atoms with Crippen LogP contribution in [0.15, 0.2) is 29.3 Å². The summed E-state index contributed by atoms with van der Waals surface area (Å²) in [5, 5.41) is 4.11. The molecular weight excluding hydrogens is 338 g/mol. The van der Waals surface area contributed by atoms with Gasteiger partial charge in [0.25, 0.3) is 0 Å². The molecule has 5 nitrogen and oxygen atoms in total. The van der Waals surface area contributed by atoms with Gasteiger partial charge in [-0.2, -0.15) is 0 Å². The van der Waals surface area contributed by atoms with E-state index in [4.69, 9.17) is 26.1 Å². The Kier molecular flexibility index (Phi) is 8.52. The third-order valence-electron chi connectivity index (χ3n) is 4.39. The highest BCUT2D eigenvalue weighted by Gasteiger charge is 2.22. The predicted octanol–water partition coefficient (Wildman–Crippen LogP) is 3.49. The summed E-state index contributed by atoms with van der Waals surface area (Å²) >= 11 is 6.10. The first-order chi connectivity index (χ1) is 12.2. The van der Waals surface area contributed by atoms with E-state index in [0.29, 0.717) is 17.7 Å². The fourth-order valence-electron chi connectivity index (χ4n) is 3.09. The van der Waals surface area contributed by atoms with Crippen molar-refractivity contribution < 1.29 is 9.47 Å². The second-order valence-corrected chi connectivity index (χ2v) is 6.55. The summed E-state index contributed by atoms with van der Waals surface area (Å²) in [6.45, 7) is 8.26. The maximum Gasteiger partial charge on any atom is 0.194 e. The molecule has 1 N–H and O–H groups in total. The molecule has 1 aromatic rings. The molecular formula is C19H30ClN3O2. The lowest BCUT2D eigenvalue weighted by molar-refractivity contribution is 0.0263. The third kappa shape index (κ3) is 6.17. The van der Waals surface area contributed by atoms with Gasteiger partial charge in [0.05, 0.1) is 12.6 Å². The lowest BCUT2D eigenvalue weighted by Crippen LogP contribution is -2.47. The average Bonchev–Trinajstić information content (AvgIpc) is 2.62. The zero-order valence-corrected chi connectivity index (χ0v) is 16.3. The van der Waals surface area contributed by atoms with Crippen molar-refractivity contribution in [1.82, 2.24) is 10.2 Å². The van der Waals surface area contributed by atoms with E-state index in [1.165, 1.54) is 0 Å². The molecule has 25 heavy (non-hydrogen) atoms. The van der Waals surface area contributed by atoms with Gasteiger partial charge in [0.1, 0.15) is 6.10 Å². The van der Waals surface area contributed by atoms with Crippen LogP contribution in [0.3, 0.4) is 0 Å². The molecule has 1 aliphatic rings. The number of ether oxygens (including phenoxy) is 2. The standard InChI is InChI=1S/C19H30ClN3O2/c1-4-21-19(23-11-9-17(10-12-23)25-5-2)22-14-18(24-3)15-7-6-8-16(20)13-15/h6-8,13,17-18H,4-5,9-12,14H2,1-3H3,(H,21,22). The lowest BCUT2D eigenvalue weighted by atomic mass is 10.1. The summed E-state index contributed by atoms with van der Waals surface area (Å²) in [6, 6.07) is 7.77. The predicted molar refractivity (Wildman–Crippen MR) is 103 cm³/mol. The van der Waals surface area contributed by atoms with E-state index in [0.717, 1.165) is 50.6 Å². The number of hydrogen-bond acceptors (Lipinski definition) is 3. The van der Waals surface area contributed by atoms with Crippen LogP contribution in [-0.2, 0) is 9.47 Å². The van der Waals surface area contributed by atoms with Crippen LogP contribution >= 0.6 is 11.6 Å². The minimum absolute atomic E-state index is 0.103. The smallest absolute Gasteiger partial charge is 0.194 e. The first-order valence-electron chi connectivity index (χ1n) is 9.11. The van der Waals surface area contributed by atoms with E-state index in [-0.39, 0.29) is 6.10 Å². The van der Waals surface area contributed by atoms with Gasteiger partial charge in [0, 0.05) is 38.4 Å². The molecule has 1 atom stereocenters. The van der Waals surface area contributed by atoms with Crippen LogP contribution < -0.4 is 5.32 Å². The molecule has 1 aromatic carbocycles. The SMILES string of the molecule is CCNC(=NCC(OC)c1cccc(Cl)c1)N1CCC(OCC)CC1. The molecule has 0 radical (unpaired) electrons. The van der Waals surface area contributed by atoms with E-state index >= 15 is 0 Å². The average molecular weight is 368 g/mol. The van der Waals surface area contributed by atoms with Gasteiger partial charge in [-0.25, -0.2) is 0 Å². The van der Waals surface area contributed by atoms with Crippen LogP contribution in [0.1, 0.15) is 38.4 Å². The Morgan fingerprint density at radius 3 is 2.72 bits per heavy atom. The molecule has 0 saturated carbocycles. The van der Waals surface area contributed by atoms with Crippen molar-refractivity contribution in [3.05, 3.63) is 34.9 Å². The van der Waals surface area contributed by atoms with Crippen molar-refractivity contribution in [2.24, 2.45) is 4.99 Å². The molecule has 1 saturated heterocycles. The molecule has 0 aromatic heterocycles. The Labute approximate surface area is 156 Å². The second kappa shape index (κ2) is 10.6. The summed E-state index contributed by atoms with van der Waals surface area (Å²) in [5.74, 6) is 0.946. The maximum absolute atomic E-state index is 6.10. The van der Waals surface area contributed by atoms with Gasteiger partial charge in [0.2, 0.25) is 0 Å². The number of hydrogen-bond donors (Lipinski definition) is 1. The summed E-state index contributed by atoms with van der Waals surface area (Å²) in [6.07, 6.45) is 2.36. The molecule has 0 amide bonds. The maximum atomic E-state index is 6.10. The molecule has 6 heteroatoms. The molecule has 1 unspecified atom stereocenters. The van der Waals surface area contributed by atoms with Gasteiger partial charge >= 0.3 is 0 Å². The highest BCUT2D eigenvalue weighted by atomic mass is 35.5. The van der Waals surface area contributed by atoms with Crippen molar-refractivity contribution in [2.75, 3.05) is 39.9 Å². The van der Waals surface area contributed by atoms with Gasteiger partial charge in [-0.05, 0) is 44.4 Å². The molecule has 0 bridgehead atoms. The van der Waals surface area contributed by atoms with Crippen LogP contribution in [0.4, 0.5) is 0 Å². The van der Waals surface area contributed by atoms with E-state index in [1.54, 1.807) is 7.11 Å². The van der Waals surface area contributed by atoms with E-state index < -0.39 is 0 Å². The van der Waals surface area contributed by atoms with Crippen molar-refractivity contribution in [1.29, 1.82) is 0 Å². The van der Waals surface area contributed by atoms with Gasteiger partial charge < -0.3 is 19.7 Å². The largest absolute Gasteiger partial charge is 0.378 e. The fourth-order valence-corrected chi connectivity index (χ4v) is 3.29. The Bertz CT molecular complexity index is 545. The number of piperidine rings is 1. The molecule has 1 aliphatic heterocycles. The number of aliphatic imine (C=N–C) groups is 1. The van der Waals surface area contributed by atoms with Gasteiger partial charge in [-0.3, -0.25) is 4.99 Å². The molecule has 140 valence electrons. The molecule has 1 heterocycles. The minimum Gasteiger partial charge on any atom is -0.378 e. The van der Waals surface area contributed by atoms with Crippen LogP contribution in [0.2, 0.25) is 5.02 Å². The van der Waals surface area contributed by atoms with Crippen LogP contribution in [0.25, 0.3) is 0 Å². The number of guanidine groups is 1. The summed E-state index contributed by atoms with van der Waals surface area (Å²) < 4.78 is 11.4. The number of nitrogens with one attached hydrogen (secondary N) is 1. The van der Waals surface area contributed by atoms with Crippen molar-refractivity contribution in [2.45, 2.75) is 38.9 Å². The minimum atomic E-state index is -0.103. The Balaban J connectivity index is 2.01. The lowest BCUT2D eigenvalue weighted by Gasteiger charge is -2.34. The van der Waals surface area contributed by atoms with Crippen molar-refractivity contribution >= 4 is 17.6 Å². The van der Waals surface area contributed by atoms with Crippen molar-refractivity contribution in [3.8, 4) is 0 Å². The normalized spacial score (nSPS) is 17.6. The molecule has 1 fully saturated rings. The van der Waals surface area contributed by atoms with E-state index in [9.17, 15) is 0 Å². The van der Waals surface area contributed by atoms with Crippen LogP contribution in [0, 0.1) is 0 Å². The van der Waals surface area contributed by atoms with E-state index in [2.05, 4.69) is 24.1 Å². The number of methoxy groups -OCH3 is 1. The van der Waals surface area contributed by atoms with Crippen molar-refractivity contribution in [3.63, 3.8) is 0 Å². The van der Waals surface area contributed by atoms with Gasteiger partial charge in [0.15, 0.2) is 5.96 Å². The molecule has 0 aliphatic carbocycles. The first-order valence-corrected chi connectivity index (χ1v) is 9.48. The highest BCUT2D eigenvalue weighted by molar-refractivity contribution is 6.30. The second-order valence-electron chi connectivity index (χ2n) is 6.12. The number of nitrogens with zero attached hydrogens (tertiary/aromatic N) is 2. The fraction of sp³-hybridized carbons (Fsp3) is 0.632. The highest BCUT2D eigenvalue weighted by Crippen LogP contribution is 2.21. The molecule has 0 spiro atoms. The quantitative estimate of drug-likeness (QED) is 0.592. The van der Waals surface area contributed by atoms with Crippen LogP contribution in [0.5, 0.6) is 0 Å². The summed E-state index contributed by atoms with van der Waals surface area (Å²) in [7, 11) is 1.71. The summed E-state index contributed by atoms with van der Waals surface area (Å²) in [5.41, 5.74) is 1.05. The van der Waals surface area contributed by atoms with Crippen LogP contribution in [-0.4, -0.2) is 56.9 Å². The van der Waals surface area contributed by atoms with Gasteiger partial charge in [-0.15, -0.1) is 0 Å². The zero-order chi connectivity index (χ0) is 18.1. The topological polar surface area (TPSA) is 46.1 Å². The van der Waals surface area contributed by atoms with E-state index in [1.807, 2.05) is 24.3 Å². The third-order valence-corrected chi connectivity index (χ3v) is 4.63. The van der Waals surface area contributed by atoms with Gasteiger partial charge in [-0.1, -0.05) is 23.7 Å². The Hall–Kier alpha value is -1.30. The molecule has 2 rings (SSSR count). The first kappa shape index (κ1) is 20.0. The summed E-state index contributed by atoms with van der Waals surface area (Å²) in [4.78, 5) is 7.12. The number of benzene rings is 1. The monoisotopic (exact) mass is 367 g/mol. The Morgan fingerprint density at radius 2 is 2.12 bits per heavy atom. The number of rotatable bonds is 7. The zero-order valence-electron chi connectivity index (χ0n) is 15.5. The number of likely N-dealkylation sites (tertiary alicyclic amines) is 1. The number of halogens is 1.